The monoisotopic (exact) mass is 341 g/mol. The summed E-state index contributed by atoms with van der Waals surface area (Å²) in [7, 11) is 0. The molecule has 2 amide bonds. The lowest BCUT2D eigenvalue weighted by Gasteiger charge is -2.35. The lowest BCUT2D eigenvalue weighted by Crippen LogP contribution is -2.57. The Morgan fingerprint density at radius 3 is 2.35 bits per heavy atom. The van der Waals surface area contributed by atoms with E-state index in [-0.39, 0.29) is 18.4 Å². The van der Waals surface area contributed by atoms with Crippen LogP contribution in [0, 0.1) is 12.8 Å². The number of aromatic nitrogens is 1. The Hall–Kier alpha value is -1.63. The topological polar surface area (TPSA) is 80.3 Å². The van der Waals surface area contributed by atoms with Gasteiger partial charge in [0.2, 0.25) is 0 Å². The summed E-state index contributed by atoms with van der Waals surface area (Å²) in [6, 6.07) is 0. The smallest absolute Gasteiger partial charge is 0.407 e. The Bertz CT molecular complexity index is 563. The summed E-state index contributed by atoms with van der Waals surface area (Å²) in [5.41, 5.74) is -0.762. The molecular weight excluding hydrogens is 314 g/mol. The molecular formula is C16H27N3O3S. The van der Waals surface area contributed by atoms with Crippen LogP contribution < -0.4 is 10.6 Å². The number of aryl methyl sites for hydroxylation is 1. The van der Waals surface area contributed by atoms with Gasteiger partial charge in [-0.05, 0) is 40.5 Å². The quantitative estimate of drug-likeness (QED) is 0.862. The highest BCUT2D eigenvalue weighted by Gasteiger charge is 2.32. The van der Waals surface area contributed by atoms with Crippen molar-refractivity contribution in [1.29, 1.82) is 0 Å². The first-order valence-electron chi connectivity index (χ1n) is 7.64. The van der Waals surface area contributed by atoms with E-state index in [1.807, 2.05) is 27.7 Å². The van der Waals surface area contributed by atoms with Crippen LogP contribution in [0.2, 0.25) is 0 Å². The van der Waals surface area contributed by atoms with Crippen LogP contribution in [0.1, 0.15) is 57.0 Å². The third kappa shape index (κ3) is 6.17. The molecule has 1 aromatic rings. The van der Waals surface area contributed by atoms with Crippen LogP contribution in [0.4, 0.5) is 4.79 Å². The summed E-state index contributed by atoms with van der Waals surface area (Å²) in [5, 5.41) is 8.27. The highest BCUT2D eigenvalue weighted by Crippen LogP contribution is 2.18. The molecule has 7 heteroatoms. The molecule has 0 aliphatic carbocycles. The SMILES string of the molecule is Cc1nc(C(=O)NC(C)(CNC(=O)OC(C)(C)C)C(C)C)cs1. The number of ether oxygens (including phenoxy) is 1. The van der Waals surface area contributed by atoms with Crippen molar-refractivity contribution in [3.63, 3.8) is 0 Å². The summed E-state index contributed by atoms with van der Waals surface area (Å²) < 4.78 is 5.23. The molecule has 1 heterocycles. The molecule has 23 heavy (non-hydrogen) atoms. The maximum Gasteiger partial charge on any atom is 0.407 e. The van der Waals surface area contributed by atoms with Crippen molar-refractivity contribution in [1.82, 2.24) is 15.6 Å². The second kappa shape index (κ2) is 7.29. The predicted molar refractivity (Wildman–Crippen MR) is 91.8 cm³/mol. The van der Waals surface area contributed by atoms with E-state index in [9.17, 15) is 9.59 Å². The third-order valence-electron chi connectivity index (χ3n) is 3.52. The molecule has 0 fully saturated rings. The van der Waals surface area contributed by atoms with Crippen molar-refractivity contribution < 1.29 is 14.3 Å². The van der Waals surface area contributed by atoms with Gasteiger partial charge in [-0.25, -0.2) is 9.78 Å². The van der Waals surface area contributed by atoms with Crippen LogP contribution in [-0.2, 0) is 4.74 Å². The largest absolute Gasteiger partial charge is 0.444 e. The average Bonchev–Trinajstić information content (AvgIpc) is 2.81. The fraction of sp³-hybridized carbons (Fsp3) is 0.688. The van der Waals surface area contributed by atoms with Gasteiger partial charge in [0.1, 0.15) is 11.3 Å². The van der Waals surface area contributed by atoms with Crippen LogP contribution in [0.25, 0.3) is 0 Å². The fourth-order valence-electron chi connectivity index (χ4n) is 1.75. The van der Waals surface area contributed by atoms with Gasteiger partial charge in [0.15, 0.2) is 0 Å². The standard InChI is InChI=1S/C16H27N3O3S/c1-10(2)16(7,9-17-14(21)22-15(4,5)6)19-13(20)12-8-23-11(3)18-12/h8,10H,9H2,1-7H3,(H,17,21)(H,19,20). The first-order chi connectivity index (χ1) is 10.4. The second-order valence-corrected chi connectivity index (χ2v) is 8.20. The van der Waals surface area contributed by atoms with Crippen LogP contribution in [-0.4, -0.2) is 34.7 Å². The third-order valence-corrected chi connectivity index (χ3v) is 4.30. The molecule has 130 valence electrons. The number of carbonyl (C=O) groups excluding carboxylic acids is 2. The van der Waals surface area contributed by atoms with Gasteiger partial charge in [-0.3, -0.25) is 4.79 Å². The average molecular weight is 341 g/mol. The van der Waals surface area contributed by atoms with Gasteiger partial charge in [-0.1, -0.05) is 13.8 Å². The number of nitrogens with one attached hydrogen (secondary N) is 2. The van der Waals surface area contributed by atoms with Gasteiger partial charge in [-0.15, -0.1) is 11.3 Å². The highest BCUT2D eigenvalue weighted by atomic mass is 32.1. The van der Waals surface area contributed by atoms with Gasteiger partial charge in [0.05, 0.1) is 10.5 Å². The molecule has 6 nitrogen and oxygen atoms in total. The van der Waals surface area contributed by atoms with E-state index in [1.54, 1.807) is 26.2 Å². The number of nitrogens with zero attached hydrogens (tertiary/aromatic N) is 1. The van der Waals surface area contributed by atoms with E-state index in [4.69, 9.17) is 4.74 Å². The molecule has 1 rings (SSSR count). The van der Waals surface area contributed by atoms with E-state index in [0.717, 1.165) is 5.01 Å². The maximum atomic E-state index is 12.3. The zero-order valence-corrected chi connectivity index (χ0v) is 15.8. The van der Waals surface area contributed by atoms with Crippen molar-refractivity contribution in [2.75, 3.05) is 6.54 Å². The molecule has 1 atom stereocenters. The minimum atomic E-state index is -0.606. The first-order valence-corrected chi connectivity index (χ1v) is 8.52. The summed E-state index contributed by atoms with van der Waals surface area (Å²) >= 11 is 1.43. The Labute approximate surface area is 142 Å². The minimum Gasteiger partial charge on any atom is -0.444 e. The van der Waals surface area contributed by atoms with E-state index >= 15 is 0 Å². The highest BCUT2D eigenvalue weighted by molar-refractivity contribution is 7.09. The van der Waals surface area contributed by atoms with Gasteiger partial charge in [0.25, 0.3) is 5.91 Å². The number of hydrogen-bond acceptors (Lipinski definition) is 5. The van der Waals surface area contributed by atoms with Gasteiger partial charge in [-0.2, -0.15) is 0 Å². The van der Waals surface area contributed by atoms with E-state index in [0.29, 0.717) is 5.69 Å². The summed E-state index contributed by atoms with van der Waals surface area (Å²) in [6.07, 6.45) is -0.497. The number of carbonyl (C=O) groups is 2. The predicted octanol–water partition coefficient (Wildman–Crippen LogP) is 3.12. The van der Waals surface area contributed by atoms with Crippen LogP contribution >= 0.6 is 11.3 Å². The molecule has 1 unspecified atom stereocenters. The number of alkyl carbamates (subject to hydrolysis) is 1. The molecule has 2 N–H and O–H groups in total. The normalized spacial score (nSPS) is 14.3. The summed E-state index contributed by atoms with van der Waals surface area (Å²) in [4.78, 5) is 28.4. The molecule has 0 saturated carbocycles. The Morgan fingerprint density at radius 1 is 1.30 bits per heavy atom. The molecule has 0 aliphatic rings. The number of thiazole rings is 1. The Morgan fingerprint density at radius 2 is 1.91 bits per heavy atom. The van der Waals surface area contributed by atoms with Crippen molar-refractivity contribution in [2.24, 2.45) is 5.92 Å². The zero-order valence-electron chi connectivity index (χ0n) is 14.9. The van der Waals surface area contributed by atoms with Crippen molar-refractivity contribution >= 4 is 23.3 Å². The zero-order chi connectivity index (χ0) is 17.8. The number of rotatable bonds is 5. The molecule has 1 aromatic heterocycles. The molecule has 0 saturated heterocycles. The second-order valence-electron chi connectivity index (χ2n) is 7.13. The van der Waals surface area contributed by atoms with E-state index in [2.05, 4.69) is 15.6 Å². The Kier molecular flexibility index (Phi) is 6.16. The molecule has 0 spiro atoms. The fourth-order valence-corrected chi connectivity index (χ4v) is 2.35. The maximum absolute atomic E-state index is 12.3. The van der Waals surface area contributed by atoms with Crippen LogP contribution in [0.3, 0.4) is 0 Å². The van der Waals surface area contributed by atoms with Crippen molar-refractivity contribution in [3.05, 3.63) is 16.1 Å². The number of hydrogen-bond donors (Lipinski definition) is 2. The van der Waals surface area contributed by atoms with Gasteiger partial charge >= 0.3 is 6.09 Å². The minimum absolute atomic E-state index is 0.112. The summed E-state index contributed by atoms with van der Waals surface area (Å²) in [5.74, 6) is -0.127. The lowest BCUT2D eigenvalue weighted by atomic mass is 9.88. The number of amides is 2. The van der Waals surface area contributed by atoms with Crippen molar-refractivity contribution in [3.8, 4) is 0 Å². The van der Waals surface area contributed by atoms with Gasteiger partial charge in [0, 0.05) is 11.9 Å². The molecule has 0 aromatic carbocycles. The van der Waals surface area contributed by atoms with Crippen LogP contribution in [0.5, 0.6) is 0 Å². The van der Waals surface area contributed by atoms with Crippen LogP contribution in [0.15, 0.2) is 5.38 Å². The van der Waals surface area contributed by atoms with Crippen molar-refractivity contribution in [2.45, 2.75) is 59.6 Å². The van der Waals surface area contributed by atoms with E-state index < -0.39 is 17.2 Å². The summed E-state index contributed by atoms with van der Waals surface area (Å²) in [6.45, 7) is 13.4. The first kappa shape index (κ1) is 19.4. The molecule has 0 aliphatic heterocycles. The van der Waals surface area contributed by atoms with Gasteiger partial charge < -0.3 is 15.4 Å². The van der Waals surface area contributed by atoms with E-state index in [1.165, 1.54) is 11.3 Å². The molecule has 0 bridgehead atoms. The lowest BCUT2D eigenvalue weighted by molar-refractivity contribution is 0.0497. The molecule has 0 radical (unpaired) electrons. The Balaban J connectivity index is 2.71.